The SMILES string of the molecule is CC(C)N(CC(CO)CO)C(C)C. The van der Waals surface area contributed by atoms with Crippen LogP contribution in [0.5, 0.6) is 0 Å². The molecule has 80 valence electrons. The van der Waals surface area contributed by atoms with Gasteiger partial charge in [-0.05, 0) is 27.7 Å². The fourth-order valence-corrected chi connectivity index (χ4v) is 1.49. The highest BCUT2D eigenvalue weighted by Gasteiger charge is 2.17. The Morgan fingerprint density at radius 2 is 1.31 bits per heavy atom. The summed E-state index contributed by atoms with van der Waals surface area (Å²) in [6, 6.07) is 0.918. The predicted octanol–water partition coefficient (Wildman–Crippen LogP) is 0.706. The molecule has 13 heavy (non-hydrogen) atoms. The molecule has 0 aromatic rings. The van der Waals surface area contributed by atoms with Crippen LogP contribution in [-0.2, 0) is 0 Å². The molecule has 0 heterocycles. The van der Waals surface area contributed by atoms with Gasteiger partial charge in [0.1, 0.15) is 0 Å². The zero-order valence-electron chi connectivity index (χ0n) is 9.20. The summed E-state index contributed by atoms with van der Waals surface area (Å²) in [5, 5.41) is 17.9. The summed E-state index contributed by atoms with van der Waals surface area (Å²) in [7, 11) is 0. The first-order valence-electron chi connectivity index (χ1n) is 5.00. The molecule has 0 aliphatic carbocycles. The van der Waals surface area contributed by atoms with Gasteiger partial charge >= 0.3 is 0 Å². The quantitative estimate of drug-likeness (QED) is 0.646. The molecule has 0 spiro atoms. The van der Waals surface area contributed by atoms with Crippen molar-refractivity contribution in [3.05, 3.63) is 0 Å². The highest BCUT2D eigenvalue weighted by atomic mass is 16.3. The smallest absolute Gasteiger partial charge is 0.0493 e. The van der Waals surface area contributed by atoms with Crippen molar-refractivity contribution in [3.8, 4) is 0 Å². The Balaban J connectivity index is 4.08. The van der Waals surface area contributed by atoms with Gasteiger partial charge < -0.3 is 10.2 Å². The van der Waals surface area contributed by atoms with Crippen molar-refractivity contribution in [2.45, 2.75) is 39.8 Å². The number of hydrogen-bond donors (Lipinski definition) is 2. The van der Waals surface area contributed by atoms with Crippen LogP contribution >= 0.6 is 0 Å². The van der Waals surface area contributed by atoms with E-state index >= 15 is 0 Å². The second-order valence-corrected chi connectivity index (χ2v) is 4.12. The molecule has 0 rings (SSSR count). The normalized spacial score (nSPS) is 12.5. The summed E-state index contributed by atoms with van der Waals surface area (Å²) < 4.78 is 0. The van der Waals surface area contributed by atoms with Crippen LogP contribution in [-0.4, -0.2) is 47.0 Å². The summed E-state index contributed by atoms with van der Waals surface area (Å²) in [5.41, 5.74) is 0. The molecule has 0 radical (unpaired) electrons. The van der Waals surface area contributed by atoms with E-state index in [1.807, 2.05) is 0 Å². The molecular formula is C10H23NO2. The number of aliphatic hydroxyl groups is 2. The van der Waals surface area contributed by atoms with Crippen LogP contribution in [0.1, 0.15) is 27.7 Å². The molecule has 0 bridgehead atoms. The van der Waals surface area contributed by atoms with Crippen LogP contribution in [0.2, 0.25) is 0 Å². The fraction of sp³-hybridized carbons (Fsp3) is 1.00. The highest BCUT2D eigenvalue weighted by Crippen LogP contribution is 2.08. The van der Waals surface area contributed by atoms with Gasteiger partial charge in [-0.3, -0.25) is 4.90 Å². The highest BCUT2D eigenvalue weighted by molar-refractivity contribution is 4.71. The minimum atomic E-state index is -0.00944. The fourth-order valence-electron chi connectivity index (χ4n) is 1.49. The Hall–Kier alpha value is -0.120. The number of hydrogen-bond acceptors (Lipinski definition) is 3. The molecule has 0 aliphatic heterocycles. The maximum Gasteiger partial charge on any atom is 0.0493 e. The van der Waals surface area contributed by atoms with Gasteiger partial charge in [0.15, 0.2) is 0 Å². The Labute approximate surface area is 81.4 Å². The summed E-state index contributed by atoms with van der Waals surface area (Å²) in [5.74, 6) is -0.00944. The van der Waals surface area contributed by atoms with Crippen LogP contribution in [0.3, 0.4) is 0 Å². The Kier molecular flexibility index (Phi) is 6.29. The van der Waals surface area contributed by atoms with Crippen LogP contribution in [0.4, 0.5) is 0 Å². The van der Waals surface area contributed by atoms with Crippen LogP contribution in [0.15, 0.2) is 0 Å². The Morgan fingerprint density at radius 3 is 1.54 bits per heavy atom. The molecular weight excluding hydrogens is 166 g/mol. The van der Waals surface area contributed by atoms with E-state index in [2.05, 4.69) is 32.6 Å². The zero-order valence-corrected chi connectivity index (χ0v) is 9.20. The first-order chi connectivity index (χ1) is 6.02. The van der Waals surface area contributed by atoms with Crippen molar-refractivity contribution < 1.29 is 10.2 Å². The zero-order chi connectivity index (χ0) is 10.4. The molecule has 3 nitrogen and oxygen atoms in total. The summed E-state index contributed by atoms with van der Waals surface area (Å²) in [4.78, 5) is 2.27. The third-order valence-electron chi connectivity index (χ3n) is 2.31. The van der Waals surface area contributed by atoms with Crippen molar-refractivity contribution in [3.63, 3.8) is 0 Å². The van der Waals surface area contributed by atoms with E-state index in [0.29, 0.717) is 12.1 Å². The van der Waals surface area contributed by atoms with E-state index in [1.165, 1.54) is 0 Å². The molecule has 0 amide bonds. The summed E-state index contributed by atoms with van der Waals surface area (Å²) >= 11 is 0. The second kappa shape index (κ2) is 6.35. The molecule has 0 fully saturated rings. The first kappa shape index (κ1) is 12.9. The van der Waals surface area contributed by atoms with E-state index < -0.39 is 0 Å². The molecule has 0 atom stereocenters. The molecule has 0 saturated heterocycles. The maximum atomic E-state index is 8.95. The van der Waals surface area contributed by atoms with Crippen LogP contribution in [0, 0.1) is 5.92 Å². The molecule has 0 aliphatic rings. The Morgan fingerprint density at radius 1 is 0.923 bits per heavy atom. The Bertz CT molecular complexity index is 114. The van der Waals surface area contributed by atoms with Gasteiger partial charge in [0.05, 0.1) is 0 Å². The molecule has 0 unspecified atom stereocenters. The molecule has 0 saturated carbocycles. The van der Waals surface area contributed by atoms with E-state index in [9.17, 15) is 0 Å². The monoisotopic (exact) mass is 189 g/mol. The average molecular weight is 189 g/mol. The minimum Gasteiger partial charge on any atom is -0.396 e. The maximum absolute atomic E-state index is 8.95. The van der Waals surface area contributed by atoms with Gasteiger partial charge in [0, 0.05) is 37.8 Å². The van der Waals surface area contributed by atoms with Gasteiger partial charge in [0.25, 0.3) is 0 Å². The summed E-state index contributed by atoms with van der Waals surface area (Å²) in [6.07, 6.45) is 0. The lowest BCUT2D eigenvalue weighted by Crippen LogP contribution is -2.42. The van der Waals surface area contributed by atoms with E-state index in [1.54, 1.807) is 0 Å². The van der Waals surface area contributed by atoms with Gasteiger partial charge in [-0.15, -0.1) is 0 Å². The van der Waals surface area contributed by atoms with Gasteiger partial charge in [-0.2, -0.15) is 0 Å². The van der Waals surface area contributed by atoms with Gasteiger partial charge in [-0.25, -0.2) is 0 Å². The van der Waals surface area contributed by atoms with Gasteiger partial charge in [-0.1, -0.05) is 0 Å². The minimum absolute atomic E-state index is 0.00944. The second-order valence-electron chi connectivity index (χ2n) is 4.12. The number of rotatable bonds is 6. The largest absolute Gasteiger partial charge is 0.396 e. The topological polar surface area (TPSA) is 43.7 Å². The lowest BCUT2D eigenvalue weighted by atomic mass is 10.1. The van der Waals surface area contributed by atoms with Crippen molar-refractivity contribution in [2.75, 3.05) is 19.8 Å². The van der Waals surface area contributed by atoms with Crippen molar-refractivity contribution in [1.82, 2.24) is 4.90 Å². The standard InChI is InChI=1S/C10H23NO2/c1-8(2)11(9(3)4)5-10(6-12)7-13/h8-10,12-13H,5-7H2,1-4H3. The van der Waals surface area contributed by atoms with Crippen molar-refractivity contribution in [2.24, 2.45) is 5.92 Å². The van der Waals surface area contributed by atoms with Gasteiger partial charge in [0.2, 0.25) is 0 Å². The van der Waals surface area contributed by atoms with Crippen molar-refractivity contribution >= 4 is 0 Å². The van der Waals surface area contributed by atoms with Crippen LogP contribution in [0.25, 0.3) is 0 Å². The average Bonchev–Trinajstić information content (AvgIpc) is 2.05. The molecule has 0 aromatic carbocycles. The third-order valence-corrected chi connectivity index (χ3v) is 2.31. The molecule has 0 aromatic heterocycles. The predicted molar refractivity (Wildman–Crippen MR) is 54.6 cm³/mol. The third kappa shape index (κ3) is 4.60. The van der Waals surface area contributed by atoms with Crippen LogP contribution < -0.4 is 0 Å². The van der Waals surface area contributed by atoms with E-state index in [0.717, 1.165) is 6.54 Å². The van der Waals surface area contributed by atoms with E-state index in [-0.39, 0.29) is 19.1 Å². The molecule has 3 heteroatoms. The van der Waals surface area contributed by atoms with E-state index in [4.69, 9.17) is 10.2 Å². The van der Waals surface area contributed by atoms with Crippen molar-refractivity contribution in [1.29, 1.82) is 0 Å². The summed E-state index contributed by atoms with van der Waals surface area (Å²) in [6.45, 7) is 9.41. The first-order valence-corrected chi connectivity index (χ1v) is 5.00. The molecule has 2 N–H and O–H groups in total. The lowest BCUT2D eigenvalue weighted by molar-refractivity contribution is 0.0800. The lowest BCUT2D eigenvalue weighted by Gasteiger charge is -2.32. The number of nitrogens with zero attached hydrogens (tertiary/aromatic N) is 1. The number of aliphatic hydroxyl groups excluding tert-OH is 2.